The number of Topliss-reactive ketones (excluding diaryl/α,β-unsaturated/α-hetero) is 1. The van der Waals surface area contributed by atoms with Gasteiger partial charge in [0.15, 0.2) is 6.10 Å². The smallest absolute Gasteiger partial charge is 0.342 e. The predicted molar refractivity (Wildman–Crippen MR) is 114 cm³/mol. The van der Waals surface area contributed by atoms with Gasteiger partial charge >= 0.3 is 11.9 Å². The van der Waals surface area contributed by atoms with E-state index in [0.717, 1.165) is 5.69 Å². The minimum atomic E-state index is -1.06. The number of nitrogens with one attached hydrogen (secondary N) is 1. The lowest BCUT2D eigenvalue weighted by molar-refractivity contribution is 0.0315. The standard InChI is InChI=1S/C23H25N3O5/c1-12-18(22(28)30-6)13(2)24-20(12)21(27)16(5)31-23(29)19-14(3)25-26(15(19)4)17-10-8-7-9-11-17/h7-11,16,24H,1-6H3/t16-/m0/s1. The molecular weight excluding hydrogens is 398 g/mol. The number of benzene rings is 1. The zero-order valence-corrected chi connectivity index (χ0v) is 18.4. The predicted octanol–water partition coefficient (Wildman–Crippen LogP) is 3.65. The molecule has 0 aliphatic carbocycles. The number of hydrogen-bond acceptors (Lipinski definition) is 6. The van der Waals surface area contributed by atoms with Gasteiger partial charge in [-0.05, 0) is 52.3 Å². The highest BCUT2D eigenvalue weighted by Crippen LogP contribution is 2.23. The molecule has 8 heteroatoms. The Morgan fingerprint density at radius 3 is 2.26 bits per heavy atom. The van der Waals surface area contributed by atoms with Crippen LogP contribution in [0.3, 0.4) is 0 Å². The number of ether oxygens (including phenoxy) is 2. The maximum Gasteiger partial charge on any atom is 0.342 e. The topological polar surface area (TPSA) is 103 Å². The van der Waals surface area contributed by atoms with E-state index in [0.29, 0.717) is 33.8 Å². The fraction of sp³-hybridized carbons (Fsp3) is 0.304. The number of aromatic nitrogens is 3. The fourth-order valence-corrected chi connectivity index (χ4v) is 3.64. The first kappa shape index (κ1) is 22.0. The second kappa shape index (κ2) is 8.59. The number of aryl methyl sites for hydroxylation is 2. The minimum absolute atomic E-state index is 0.214. The summed E-state index contributed by atoms with van der Waals surface area (Å²) < 4.78 is 11.9. The molecule has 0 aliphatic rings. The van der Waals surface area contributed by atoms with Crippen LogP contribution in [0.15, 0.2) is 30.3 Å². The molecule has 2 aromatic heterocycles. The summed E-state index contributed by atoms with van der Waals surface area (Å²) in [5.74, 6) is -1.60. The molecule has 3 rings (SSSR count). The van der Waals surface area contributed by atoms with E-state index < -0.39 is 23.8 Å². The summed E-state index contributed by atoms with van der Waals surface area (Å²) >= 11 is 0. The van der Waals surface area contributed by atoms with E-state index in [2.05, 4.69) is 10.1 Å². The molecule has 8 nitrogen and oxygen atoms in total. The van der Waals surface area contributed by atoms with Crippen molar-refractivity contribution in [2.45, 2.75) is 40.7 Å². The van der Waals surface area contributed by atoms with Gasteiger partial charge in [0.1, 0.15) is 5.56 Å². The van der Waals surface area contributed by atoms with Crippen molar-refractivity contribution in [2.24, 2.45) is 0 Å². The summed E-state index contributed by atoms with van der Waals surface area (Å²) in [5, 5.41) is 4.44. The summed E-state index contributed by atoms with van der Waals surface area (Å²) in [6.07, 6.45) is -1.06. The maximum absolute atomic E-state index is 12.9. The van der Waals surface area contributed by atoms with Crippen molar-refractivity contribution < 1.29 is 23.9 Å². The lowest BCUT2D eigenvalue weighted by atomic mass is 10.1. The van der Waals surface area contributed by atoms with Crippen molar-refractivity contribution >= 4 is 17.7 Å². The molecule has 2 heterocycles. The van der Waals surface area contributed by atoms with Crippen LogP contribution in [0.4, 0.5) is 0 Å². The zero-order chi connectivity index (χ0) is 22.9. The van der Waals surface area contributed by atoms with Crippen molar-refractivity contribution in [1.82, 2.24) is 14.8 Å². The molecule has 3 aromatic rings. The van der Waals surface area contributed by atoms with Crippen LogP contribution in [0.1, 0.15) is 60.8 Å². The number of nitrogens with zero attached hydrogens (tertiary/aromatic N) is 2. The molecule has 0 amide bonds. The second-order valence-electron chi connectivity index (χ2n) is 7.32. The molecular formula is C23H25N3O5. The van der Waals surface area contributed by atoms with Gasteiger partial charge in [-0.15, -0.1) is 0 Å². The first-order valence-electron chi connectivity index (χ1n) is 9.81. The third kappa shape index (κ3) is 4.01. The van der Waals surface area contributed by atoms with Gasteiger partial charge in [0.2, 0.25) is 5.78 Å². The van der Waals surface area contributed by atoms with Crippen LogP contribution in [0.5, 0.6) is 0 Å². The number of rotatable bonds is 6. The van der Waals surface area contributed by atoms with Gasteiger partial charge in [0.05, 0.1) is 35.4 Å². The van der Waals surface area contributed by atoms with Crippen LogP contribution in [0, 0.1) is 27.7 Å². The molecule has 0 aliphatic heterocycles. The van der Waals surface area contributed by atoms with Crippen LogP contribution in [0.25, 0.3) is 5.69 Å². The molecule has 1 aromatic carbocycles. The van der Waals surface area contributed by atoms with Crippen LogP contribution in [-0.4, -0.2) is 45.7 Å². The van der Waals surface area contributed by atoms with Crippen molar-refractivity contribution in [3.05, 3.63) is 69.8 Å². The number of aromatic amines is 1. The average molecular weight is 423 g/mol. The number of H-pyrrole nitrogens is 1. The van der Waals surface area contributed by atoms with E-state index >= 15 is 0 Å². The molecule has 0 fully saturated rings. The van der Waals surface area contributed by atoms with Crippen molar-refractivity contribution in [2.75, 3.05) is 7.11 Å². The van der Waals surface area contributed by atoms with E-state index in [9.17, 15) is 14.4 Å². The van der Waals surface area contributed by atoms with Crippen LogP contribution in [-0.2, 0) is 9.47 Å². The Morgan fingerprint density at radius 2 is 1.65 bits per heavy atom. The number of esters is 2. The van der Waals surface area contributed by atoms with E-state index in [1.54, 1.807) is 32.4 Å². The highest BCUT2D eigenvalue weighted by molar-refractivity contribution is 6.04. The Hall–Kier alpha value is -3.68. The number of carbonyl (C=O) groups is 3. The Bertz CT molecular complexity index is 1160. The average Bonchev–Trinajstić information content (AvgIpc) is 3.21. The first-order valence-corrected chi connectivity index (χ1v) is 9.81. The van der Waals surface area contributed by atoms with Gasteiger partial charge in [-0.1, -0.05) is 18.2 Å². The molecule has 1 atom stereocenters. The van der Waals surface area contributed by atoms with Gasteiger partial charge in [-0.25, -0.2) is 14.3 Å². The minimum Gasteiger partial charge on any atom is -0.465 e. The van der Waals surface area contributed by atoms with Gasteiger partial charge in [-0.3, -0.25) is 4.79 Å². The van der Waals surface area contributed by atoms with E-state index in [4.69, 9.17) is 9.47 Å². The summed E-state index contributed by atoms with van der Waals surface area (Å²) in [6.45, 7) is 8.32. The van der Waals surface area contributed by atoms with Crippen LogP contribution in [0.2, 0.25) is 0 Å². The molecule has 31 heavy (non-hydrogen) atoms. The number of hydrogen-bond donors (Lipinski definition) is 1. The number of carbonyl (C=O) groups excluding carboxylic acids is 3. The molecule has 0 saturated heterocycles. The van der Waals surface area contributed by atoms with Crippen molar-refractivity contribution in [3.8, 4) is 5.69 Å². The quantitative estimate of drug-likeness (QED) is 0.479. The lowest BCUT2D eigenvalue weighted by Crippen LogP contribution is -2.26. The van der Waals surface area contributed by atoms with Crippen LogP contribution < -0.4 is 0 Å². The SMILES string of the molecule is COC(=O)c1c(C)[nH]c(C(=O)[C@H](C)OC(=O)c2c(C)nn(-c3ccccc3)c2C)c1C. The summed E-state index contributed by atoms with van der Waals surface area (Å²) in [5.41, 5.74) is 3.76. The molecule has 0 unspecified atom stereocenters. The largest absolute Gasteiger partial charge is 0.465 e. The molecule has 162 valence electrons. The second-order valence-corrected chi connectivity index (χ2v) is 7.32. The molecule has 0 radical (unpaired) electrons. The number of ketones is 1. The third-order valence-electron chi connectivity index (χ3n) is 5.22. The van der Waals surface area contributed by atoms with Crippen molar-refractivity contribution in [1.29, 1.82) is 0 Å². The molecule has 0 saturated carbocycles. The molecule has 0 spiro atoms. The maximum atomic E-state index is 12.9. The van der Waals surface area contributed by atoms with Crippen molar-refractivity contribution in [3.63, 3.8) is 0 Å². The lowest BCUT2D eigenvalue weighted by Gasteiger charge is -2.12. The summed E-state index contributed by atoms with van der Waals surface area (Å²) in [6, 6.07) is 9.43. The Labute approximate surface area is 180 Å². The monoisotopic (exact) mass is 423 g/mol. The van der Waals surface area contributed by atoms with Gasteiger partial charge < -0.3 is 14.5 Å². The fourth-order valence-electron chi connectivity index (χ4n) is 3.64. The summed E-state index contributed by atoms with van der Waals surface area (Å²) in [7, 11) is 1.28. The van der Waals surface area contributed by atoms with Gasteiger partial charge in [-0.2, -0.15) is 5.10 Å². The van der Waals surface area contributed by atoms with E-state index in [1.165, 1.54) is 14.0 Å². The Kier molecular flexibility index (Phi) is 6.10. The van der Waals surface area contributed by atoms with Crippen LogP contribution >= 0.6 is 0 Å². The molecule has 0 bridgehead atoms. The third-order valence-corrected chi connectivity index (χ3v) is 5.22. The van der Waals surface area contributed by atoms with Gasteiger partial charge in [0.25, 0.3) is 0 Å². The Balaban J connectivity index is 1.84. The molecule has 1 N–H and O–H groups in total. The van der Waals surface area contributed by atoms with Gasteiger partial charge in [0, 0.05) is 5.69 Å². The highest BCUT2D eigenvalue weighted by atomic mass is 16.5. The highest BCUT2D eigenvalue weighted by Gasteiger charge is 2.29. The number of methoxy groups -OCH3 is 1. The van der Waals surface area contributed by atoms with E-state index in [-0.39, 0.29) is 5.69 Å². The normalized spacial score (nSPS) is 11.8. The van der Waals surface area contributed by atoms with E-state index in [1.807, 2.05) is 30.3 Å². The Morgan fingerprint density at radius 1 is 1.00 bits per heavy atom. The zero-order valence-electron chi connectivity index (χ0n) is 18.4. The first-order chi connectivity index (χ1) is 14.7. The number of para-hydroxylation sites is 1. The summed E-state index contributed by atoms with van der Waals surface area (Å²) in [4.78, 5) is 40.7.